The van der Waals surface area contributed by atoms with Crippen molar-refractivity contribution in [1.82, 2.24) is 10.2 Å². The lowest BCUT2D eigenvalue weighted by molar-refractivity contribution is -0.137. The molecule has 6 atom stereocenters. The van der Waals surface area contributed by atoms with Crippen molar-refractivity contribution in [3.05, 3.63) is 80.9 Å². The second kappa shape index (κ2) is 12.8. The summed E-state index contributed by atoms with van der Waals surface area (Å²) >= 11 is 0. The van der Waals surface area contributed by atoms with Gasteiger partial charge < -0.3 is 34.5 Å². The smallest absolute Gasteiger partial charge is 0.416 e. The molecule has 1 saturated heterocycles. The number of aromatic hydroxyl groups is 1. The van der Waals surface area contributed by atoms with Crippen LogP contribution in [0.1, 0.15) is 63.4 Å². The number of hydrogen-bond donors (Lipinski definition) is 3. The van der Waals surface area contributed by atoms with Crippen LogP contribution in [0.3, 0.4) is 0 Å². The Morgan fingerprint density at radius 3 is 2.55 bits per heavy atom. The molecule has 3 aromatic rings. The summed E-state index contributed by atoms with van der Waals surface area (Å²) in [6.07, 6.45) is -2.14. The Morgan fingerprint density at radius 1 is 1.10 bits per heavy atom. The number of aliphatic hydroxyl groups is 1. The maximum absolute atomic E-state index is 13.3. The molecule has 3 heterocycles. The number of nitrogens with one attached hydrogen (secondary N) is 1. The van der Waals surface area contributed by atoms with E-state index in [9.17, 15) is 33.0 Å². The molecule has 1 fully saturated rings. The lowest BCUT2D eigenvalue weighted by Crippen LogP contribution is -2.62. The topological polar surface area (TPSA) is 127 Å². The molecule has 0 spiro atoms. The first-order chi connectivity index (χ1) is 24.2. The number of phenols is 1. The molecule has 7 rings (SSSR count). The number of benzene rings is 3. The van der Waals surface area contributed by atoms with Crippen molar-refractivity contribution in [3.63, 3.8) is 0 Å². The van der Waals surface area contributed by atoms with Crippen LogP contribution in [-0.2, 0) is 28.6 Å². The molecule has 1 amide bonds. The number of phenolic OH excluding ortho intramolecular Hbond substituents is 1. The fraction of sp³-hybridized carbons (Fsp3) is 0.421. The maximum Gasteiger partial charge on any atom is 0.416 e. The number of methoxy groups -OCH3 is 1. The first kappa shape index (κ1) is 34.7. The third kappa shape index (κ3) is 5.76. The van der Waals surface area contributed by atoms with E-state index in [1.165, 1.54) is 38.3 Å². The van der Waals surface area contributed by atoms with Gasteiger partial charge in [-0.25, -0.2) is 0 Å². The molecule has 270 valence electrons. The number of carbonyl (C=O) groups is 2. The van der Waals surface area contributed by atoms with E-state index in [0.29, 0.717) is 58.1 Å². The van der Waals surface area contributed by atoms with Gasteiger partial charge in [0.05, 0.1) is 18.8 Å². The minimum atomic E-state index is -4.53. The molecule has 3 aromatic carbocycles. The minimum absolute atomic E-state index is 0.00851. The van der Waals surface area contributed by atoms with E-state index >= 15 is 0 Å². The number of amides is 1. The number of halogens is 3. The fourth-order valence-corrected chi connectivity index (χ4v) is 8.93. The third-order valence-corrected chi connectivity index (χ3v) is 10.9. The van der Waals surface area contributed by atoms with Crippen molar-refractivity contribution >= 4 is 18.0 Å². The van der Waals surface area contributed by atoms with Gasteiger partial charge in [0.25, 0.3) is 0 Å². The number of alkyl halides is 3. The Kier molecular flexibility index (Phi) is 8.70. The lowest BCUT2D eigenvalue weighted by Gasteiger charge is -2.58. The van der Waals surface area contributed by atoms with E-state index in [-0.39, 0.29) is 42.7 Å². The minimum Gasteiger partial charge on any atom is -0.504 e. The summed E-state index contributed by atoms with van der Waals surface area (Å²) in [5.41, 5.74) is 3.68. The number of carbonyl (C=O) groups excluding carboxylic acids is 2. The van der Waals surface area contributed by atoms with E-state index in [1.807, 2.05) is 20.0 Å². The Balaban J connectivity index is 1.33. The highest BCUT2D eigenvalue weighted by Gasteiger charge is 2.57. The number of likely N-dealkylation sites (N-methyl/N-ethyl adjacent to an activating group) is 1. The molecule has 0 aromatic heterocycles. The Labute approximate surface area is 292 Å². The van der Waals surface area contributed by atoms with E-state index < -0.39 is 41.6 Å². The predicted octanol–water partition coefficient (Wildman–Crippen LogP) is 5.36. The number of esters is 1. The highest BCUT2D eigenvalue weighted by atomic mass is 19.4. The summed E-state index contributed by atoms with van der Waals surface area (Å²) in [4.78, 5) is 27.8. The van der Waals surface area contributed by atoms with Crippen LogP contribution in [0.25, 0.3) is 6.08 Å². The van der Waals surface area contributed by atoms with Crippen molar-refractivity contribution in [1.29, 1.82) is 0 Å². The number of aliphatic hydroxyl groups excluding tert-OH is 1. The average molecular weight is 709 g/mol. The highest BCUT2D eigenvalue weighted by molar-refractivity contribution is 5.91. The van der Waals surface area contributed by atoms with Gasteiger partial charge in [-0.1, -0.05) is 18.2 Å². The summed E-state index contributed by atoms with van der Waals surface area (Å²) in [6, 6.07) is 5.94. The summed E-state index contributed by atoms with van der Waals surface area (Å²) in [7, 11) is 3.43. The molecule has 1 aliphatic carbocycles. The van der Waals surface area contributed by atoms with Crippen molar-refractivity contribution < 1.29 is 51.9 Å². The zero-order valence-electron chi connectivity index (χ0n) is 28.8. The van der Waals surface area contributed by atoms with Crippen molar-refractivity contribution in [3.8, 4) is 28.7 Å². The van der Waals surface area contributed by atoms with Crippen LogP contribution in [0, 0.1) is 25.7 Å². The number of nitrogens with zero attached hydrogens (tertiary/aromatic N) is 1. The second-order valence-corrected chi connectivity index (χ2v) is 13.8. The molecular formula is C38H39F3N2O8. The molecular weight excluding hydrogens is 669 g/mol. The van der Waals surface area contributed by atoms with E-state index in [4.69, 9.17) is 18.9 Å². The molecule has 2 bridgehead atoms. The van der Waals surface area contributed by atoms with Crippen LogP contribution in [0.15, 0.2) is 36.4 Å². The number of ether oxygens (including phenoxy) is 4. The monoisotopic (exact) mass is 708 g/mol. The molecule has 4 aliphatic rings. The van der Waals surface area contributed by atoms with Crippen LogP contribution in [0.4, 0.5) is 13.2 Å². The predicted molar refractivity (Wildman–Crippen MR) is 179 cm³/mol. The fourth-order valence-electron chi connectivity index (χ4n) is 8.93. The van der Waals surface area contributed by atoms with E-state index in [2.05, 4.69) is 10.2 Å². The molecule has 3 aliphatic heterocycles. The lowest BCUT2D eigenvalue weighted by atomic mass is 9.57. The second-order valence-electron chi connectivity index (χ2n) is 13.8. The molecule has 13 heteroatoms. The summed E-state index contributed by atoms with van der Waals surface area (Å²) in [5, 5.41) is 26.8. The number of fused-ring (bicyclic) bond motifs is 9. The SMILES string of the molecule is COc1c(C)cc2c(c1O)C1[C@@H]3Cc4c(OC(C)=O)c(C)c5c(c4[C@H](CNC(=O)/C=C/c4cccc(C(F)(F)F)c4)C3[C@@H](O)C(C2)N1C)OCO5. The Morgan fingerprint density at radius 2 is 1.84 bits per heavy atom. The van der Waals surface area contributed by atoms with Crippen LogP contribution < -0.4 is 24.3 Å². The van der Waals surface area contributed by atoms with E-state index in [0.717, 1.165) is 23.3 Å². The van der Waals surface area contributed by atoms with Gasteiger partial charge in [-0.3, -0.25) is 14.5 Å². The first-order valence-electron chi connectivity index (χ1n) is 16.8. The summed E-state index contributed by atoms with van der Waals surface area (Å²) in [5.74, 6) is -0.897. The van der Waals surface area contributed by atoms with Crippen molar-refractivity contribution in [2.45, 2.75) is 63.9 Å². The van der Waals surface area contributed by atoms with Gasteiger partial charge in [0, 0.05) is 65.7 Å². The normalized spacial score (nSPS) is 24.8. The Bertz CT molecular complexity index is 1960. The Hall–Kier alpha value is -4.75. The average Bonchev–Trinajstić information content (AvgIpc) is 3.57. The quantitative estimate of drug-likeness (QED) is 0.176. The van der Waals surface area contributed by atoms with Crippen LogP contribution in [0.2, 0.25) is 0 Å². The molecule has 0 saturated carbocycles. The van der Waals surface area contributed by atoms with Crippen molar-refractivity contribution in [2.75, 3.05) is 27.5 Å². The molecule has 0 radical (unpaired) electrons. The van der Waals surface area contributed by atoms with Gasteiger partial charge in [0.15, 0.2) is 23.0 Å². The number of hydrogen-bond acceptors (Lipinski definition) is 9. The van der Waals surface area contributed by atoms with Gasteiger partial charge >= 0.3 is 12.1 Å². The third-order valence-electron chi connectivity index (χ3n) is 10.9. The molecule has 51 heavy (non-hydrogen) atoms. The summed E-state index contributed by atoms with van der Waals surface area (Å²) in [6.45, 7) is 4.88. The molecule has 10 nitrogen and oxygen atoms in total. The maximum atomic E-state index is 13.3. The van der Waals surface area contributed by atoms with Crippen LogP contribution in [0.5, 0.6) is 28.7 Å². The van der Waals surface area contributed by atoms with Gasteiger partial charge in [-0.05, 0) is 74.6 Å². The van der Waals surface area contributed by atoms with Crippen LogP contribution >= 0.6 is 0 Å². The zero-order chi connectivity index (χ0) is 36.5. The van der Waals surface area contributed by atoms with Gasteiger partial charge in [0.2, 0.25) is 12.7 Å². The molecule has 3 N–H and O–H groups in total. The van der Waals surface area contributed by atoms with E-state index in [1.54, 1.807) is 6.92 Å². The number of aryl methyl sites for hydroxylation is 1. The van der Waals surface area contributed by atoms with Crippen molar-refractivity contribution in [2.24, 2.45) is 11.8 Å². The van der Waals surface area contributed by atoms with Gasteiger partial charge in [-0.2, -0.15) is 13.2 Å². The highest BCUT2D eigenvalue weighted by Crippen LogP contribution is 2.62. The van der Waals surface area contributed by atoms with Crippen LogP contribution in [-0.4, -0.2) is 66.6 Å². The van der Waals surface area contributed by atoms with Gasteiger partial charge in [-0.15, -0.1) is 0 Å². The number of rotatable bonds is 6. The first-order valence-corrected chi connectivity index (χ1v) is 16.8. The standard InChI is InChI=1S/C38H39F3N2O8/c1-17-11-21-13-26-32(46)29-23(31(43(26)4)28(21)33(47)34(17)48-5)14-24-30(37-36(49-16-50-37)18(2)35(24)51-19(3)44)25(29)15-42-27(45)10-9-20-7-6-8-22(12-20)38(39,40)41/h6-12,23,25-26,29,31-32,46-47H,13-16H2,1-5H3,(H,42,45)/b10-9+/t23-,25-,26?,29?,31?,32+/m1/s1. The molecule has 3 unspecified atom stereocenters. The van der Waals surface area contributed by atoms with Gasteiger partial charge in [0.1, 0.15) is 5.75 Å². The largest absolute Gasteiger partial charge is 0.504 e. The zero-order valence-corrected chi connectivity index (χ0v) is 28.8. The summed E-state index contributed by atoms with van der Waals surface area (Å²) < 4.78 is 63.2. The number of piperidine rings is 1.